The highest BCUT2D eigenvalue weighted by molar-refractivity contribution is 9.52. The quantitative estimate of drug-likeness (QED) is 0.322. The Hall–Kier alpha value is 0.820. The number of hydrogen-bond donors (Lipinski definition) is 0. The molecule has 0 radical (unpaired) electrons. The van der Waals surface area contributed by atoms with Crippen molar-refractivity contribution in [2.24, 2.45) is 11.8 Å². The molecule has 2 heterocycles. The van der Waals surface area contributed by atoms with Gasteiger partial charge in [0.1, 0.15) is 4.60 Å². The minimum Gasteiger partial charge on any atom is -0.272 e. The fourth-order valence-electron chi connectivity index (χ4n) is 2.32. The summed E-state index contributed by atoms with van der Waals surface area (Å²) in [6.07, 6.45) is 7.63. The van der Waals surface area contributed by atoms with Gasteiger partial charge in [0, 0.05) is 19.3 Å². The summed E-state index contributed by atoms with van der Waals surface area (Å²) in [5, 5.41) is 8.67. The van der Waals surface area contributed by atoms with E-state index in [-0.39, 0.29) is 1.05 Å². The van der Waals surface area contributed by atoms with E-state index in [0.29, 0.717) is 0 Å². The van der Waals surface area contributed by atoms with Gasteiger partial charge in [0.25, 0.3) is 0 Å². The van der Waals surface area contributed by atoms with E-state index in [1.54, 1.807) is 0 Å². The van der Waals surface area contributed by atoms with E-state index in [1.807, 2.05) is 23.2 Å². The number of rotatable bonds is 4. The van der Waals surface area contributed by atoms with Crippen LogP contribution in [0.15, 0.2) is 22.9 Å². The van der Waals surface area contributed by atoms with Crippen molar-refractivity contribution in [3.8, 4) is 0 Å². The summed E-state index contributed by atoms with van der Waals surface area (Å²) < 4.78 is 4.96. The molecule has 0 amide bonds. The van der Waals surface area contributed by atoms with Gasteiger partial charge in [-0.1, -0.05) is 0 Å². The molecule has 2 aliphatic carbocycles. The average molecular weight is 683 g/mol. The van der Waals surface area contributed by atoms with Gasteiger partial charge in [-0.25, -0.2) is 0 Å². The number of halogens is 5. The summed E-state index contributed by atoms with van der Waals surface area (Å²) in [5.41, 5.74) is 2.22. The van der Waals surface area contributed by atoms with Gasteiger partial charge in [0.2, 0.25) is 0 Å². The van der Waals surface area contributed by atoms with Crippen molar-refractivity contribution in [3.05, 3.63) is 34.3 Å². The van der Waals surface area contributed by atoms with E-state index in [2.05, 4.69) is 108 Å². The number of aromatic nitrogens is 4. The zero-order valence-corrected chi connectivity index (χ0v) is 22.7. The molecule has 0 atom stereocenters. The van der Waals surface area contributed by atoms with Crippen molar-refractivity contribution in [2.45, 2.75) is 53.7 Å². The van der Waals surface area contributed by atoms with Crippen molar-refractivity contribution in [1.29, 1.82) is 0 Å². The fourth-order valence-corrected chi connectivity index (χ4v) is 2.87. The van der Waals surface area contributed by atoms with Crippen LogP contribution < -0.4 is 0 Å². The monoisotopic (exact) mass is 678 g/mol. The third kappa shape index (κ3) is 11.0. The van der Waals surface area contributed by atoms with Gasteiger partial charge >= 0.3 is 0 Å². The van der Waals surface area contributed by atoms with Crippen molar-refractivity contribution in [1.82, 2.24) is 19.6 Å². The second-order valence-electron chi connectivity index (χ2n) is 6.79. The highest BCUT2D eigenvalue weighted by Crippen LogP contribution is 2.39. The predicted octanol–water partition coefficient (Wildman–Crippen LogP) is 7.14. The number of nitrogens with zero attached hydrogens (tertiary/aromatic N) is 4. The highest BCUT2D eigenvalue weighted by Gasteiger charge is 2.23. The summed E-state index contributed by atoms with van der Waals surface area (Å²) in [7, 11) is 0. The predicted molar refractivity (Wildman–Crippen MR) is 126 cm³/mol. The molecule has 0 spiro atoms. The minimum atomic E-state index is -0.250. The molecule has 2 fully saturated rings. The molecular weight excluding hydrogens is 660 g/mol. The second-order valence-corrected chi connectivity index (χ2v) is 18.7. The summed E-state index contributed by atoms with van der Waals surface area (Å²) in [4.78, 5) is 0. The van der Waals surface area contributed by atoms with Crippen molar-refractivity contribution < 1.29 is 0 Å². The van der Waals surface area contributed by atoms with Crippen LogP contribution in [0.3, 0.4) is 0 Å². The molecule has 0 N–H and O–H groups in total. The molecule has 0 unspecified atom stereocenters. The summed E-state index contributed by atoms with van der Waals surface area (Å²) in [6.45, 7) is 6.28. The zero-order chi connectivity index (χ0) is 19.3. The van der Waals surface area contributed by atoms with Crippen LogP contribution in [0, 0.1) is 25.7 Å². The summed E-state index contributed by atoms with van der Waals surface area (Å²) >= 11 is 16.0. The van der Waals surface area contributed by atoms with Crippen molar-refractivity contribution in [3.63, 3.8) is 0 Å². The Kier molecular flexibility index (Phi) is 9.38. The van der Waals surface area contributed by atoms with E-state index in [9.17, 15) is 0 Å². The molecule has 146 valence electrons. The molecule has 0 aromatic carbocycles. The average Bonchev–Trinajstić information content (AvgIpc) is 3.39. The molecule has 2 aromatic heterocycles. The first-order chi connectivity index (χ1) is 12.1. The van der Waals surface area contributed by atoms with Gasteiger partial charge in [-0.3, -0.25) is 9.36 Å². The number of aryl methyl sites for hydroxylation is 2. The molecule has 0 bridgehead atoms. The van der Waals surface area contributed by atoms with Gasteiger partial charge in [-0.2, -0.15) is 10.2 Å². The van der Waals surface area contributed by atoms with E-state index in [1.165, 1.54) is 25.7 Å². The Balaban J connectivity index is 0.000000151. The van der Waals surface area contributed by atoms with Crippen LogP contribution in [0.1, 0.15) is 37.1 Å². The third-order valence-electron chi connectivity index (χ3n) is 3.90. The van der Waals surface area contributed by atoms with Gasteiger partial charge < -0.3 is 0 Å². The van der Waals surface area contributed by atoms with Crippen molar-refractivity contribution >= 4 is 79.6 Å². The standard InChI is InChI=1S/C8H11BrN2.C8H12N2.CBr4/c1-6-4-8(9)11(10-6)5-7-2-3-7;1-7-4-5-10(9-7)6-8-2-3-8;2-1(3,4)5/h4,7H,2-3,5H2,1H3;4-5,8H,2-3,6H2,1H3;. The lowest BCUT2D eigenvalue weighted by Crippen LogP contribution is -2.01. The molecule has 4 nitrogen and oxygen atoms in total. The first kappa shape index (κ1) is 23.1. The molecule has 0 aliphatic heterocycles. The normalized spacial score (nSPS) is 16.4. The van der Waals surface area contributed by atoms with Crippen LogP contribution in [-0.2, 0) is 13.1 Å². The van der Waals surface area contributed by atoms with Crippen LogP contribution >= 0.6 is 79.6 Å². The molecule has 2 aliphatic rings. The Morgan fingerprint density at radius 1 is 0.962 bits per heavy atom. The Bertz CT molecular complexity index is 678. The largest absolute Gasteiger partial charge is 0.272 e. The smallest absolute Gasteiger partial charge is 0.189 e. The Morgan fingerprint density at radius 3 is 1.88 bits per heavy atom. The lowest BCUT2D eigenvalue weighted by atomic mass is 10.4. The molecule has 0 saturated heterocycles. The molecule has 2 saturated carbocycles. The van der Waals surface area contributed by atoms with E-state index in [4.69, 9.17) is 0 Å². The Labute approximate surface area is 197 Å². The fraction of sp³-hybridized carbons (Fsp3) is 0.647. The highest BCUT2D eigenvalue weighted by atomic mass is 80.0. The van der Waals surface area contributed by atoms with Crippen LogP contribution in [0.25, 0.3) is 0 Å². The summed E-state index contributed by atoms with van der Waals surface area (Å²) in [6, 6.07) is 4.12. The summed E-state index contributed by atoms with van der Waals surface area (Å²) in [5.74, 6) is 1.82. The first-order valence-electron chi connectivity index (χ1n) is 8.56. The molecule has 2 aromatic rings. The van der Waals surface area contributed by atoms with Gasteiger partial charge in [-0.05, 0) is 143 Å². The van der Waals surface area contributed by atoms with Crippen LogP contribution in [0.4, 0.5) is 0 Å². The zero-order valence-electron chi connectivity index (χ0n) is 14.8. The maximum atomic E-state index is 4.36. The van der Waals surface area contributed by atoms with Crippen LogP contribution in [-0.4, -0.2) is 20.6 Å². The molecule has 9 heteroatoms. The van der Waals surface area contributed by atoms with E-state index < -0.39 is 0 Å². The topological polar surface area (TPSA) is 35.6 Å². The van der Waals surface area contributed by atoms with Gasteiger partial charge in [0.15, 0.2) is 1.05 Å². The Morgan fingerprint density at radius 2 is 1.50 bits per heavy atom. The minimum absolute atomic E-state index is 0.250. The number of alkyl halides is 4. The second kappa shape index (κ2) is 10.6. The third-order valence-corrected chi connectivity index (χ3v) is 4.54. The SMILES string of the molecule is BrC(Br)(Br)Br.Cc1cc(Br)n(CC2CC2)n1.Cc1ccn(CC2CC2)n1. The molecular formula is C17H23Br5N4. The number of hydrogen-bond acceptors (Lipinski definition) is 2. The van der Waals surface area contributed by atoms with E-state index in [0.717, 1.165) is 40.9 Å². The van der Waals surface area contributed by atoms with Crippen LogP contribution in [0.5, 0.6) is 0 Å². The van der Waals surface area contributed by atoms with Gasteiger partial charge in [0.05, 0.1) is 11.4 Å². The van der Waals surface area contributed by atoms with Crippen LogP contribution in [0.2, 0.25) is 0 Å². The molecule has 26 heavy (non-hydrogen) atoms. The van der Waals surface area contributed by atoms with Crippen molar-refractivity contribution in [2.75, 3.05) is 0 Å². The van der Waals surface area contributed by atoms with Gasteiger partial charge in [-0.15, -0.1) is 0 Å². The lowest BCUT2D eigenvalue weighted by Gasteiger charge is -1.99. The molecule has 4 rings (SSSR count). The lowest BCUT2D eigenvalue weighted by molar-refractivity contribution is 0.550. The van der Waals surface area contributed by atoms with E-state index >= 15 is 0 Å². The first-order valence-corrected chi connectivity index (χ1v) is 12.5. The maximum absolute atomic E-state index is 4.36. The maximum Gasteiger partial charge on any atom is 0.189 e.